The van der Waals surface area contributed by atoms with Crippen molar-refractivity contribution in [3.8, 4) is 28.1 Å². The molecular formula is C23H19BrNNaO3. The van der Waals surface area contributed by atoms with Gasteiger partial charge in [-0.3, -0.25) is 0 Å². The molecule has 0 amide bonds. The van der Waals surface area contributed by atoms with Gasteiger partial charge in [0.05, 0.1) is 24.0 Å². The molecule has 1 fully saturated rings. The van der Waals surface area contributed by atoms with Gasteiger partial charge in [0.25, 0.3) is 0 Å². The summed E-state index contributed by atoms with van der Waals surface area (Å²) in [5.41, 5.74) is 3.24. The molecule has 2 aromatic carbocycles. The molecule has 1 aromatic heterocycles. The van der Waals surface area contributed by atoms with Gasteiger partial charge in [-0.05, 0) is 54.7 Å². The summed E-state index contributed by atoms with van der Waals surface area (Å²) in [6.07, 6.45) is 3.73. The Morgan fingerprint density at radius 1 is 1.03 bits per heavy atom. The zero-order chi connectivity index (χ0) is 19.5. The smallest absolute Gasteiger partial charge is 0.543 e. The minimum atomic E-state index is -1.29. The number of hydrogen-bond acceptors (Lipinski definition) is 4. The van der Waals surface area contributed by atoms with E-state index in [1.165, 1.54) is 25.3 Å². The fraction of sp³-hybridized carbons (Fsp3) is 0.217. The summed E-state index contributed by atoms with van der Waals surface area (Å²) in [6, 6.07) is 18.7. The van der Waals surface area contributed by atoms with Gasteiger partial charge in [0, 0.05) is 15.6 Å². The molecule has 1 aliphatic rings. The van der Waals surface area contributed by atoms with Gasteiger partial charge >= 0.3 is 29.6 Å². The quantitative estimate of drug-likeness (QED) is 0.526. The van der Waals surface area contributed by atoms with Crippen LogP contribution in [0.15, 0.2) is 65.1 Å². The van der Waals surface area contributed by atoms with Crippen molar-refractivity contribution >= 4 is 21.9 Å². The van der Waals surface area contributed by atoms with Crippen molar-refractivity contribution < 1.29 is 44.2 Å². The summed E-state index contributed by atoms with van der Waals surface area (Å²) in [7, 11) is 0. The van der Waals surface area contributed by atoms with E-state index in [4.69, 9.17) is 4.74 Å². The number of benzene rings is 2. The molecule has 1 heterocycles. The molecule has 0 saturated heterocycles. The van der Waals surface area contributed by atoms with E-state index in [0.717, 1.165) is 33.5 Å². The topological polar surface area (TPSA) is 62.2 Å². The molecule has 0 unspecified atom stereocenters. The summed E-state index contributed by atoms with van der Waals surface area (Å²) >= 11 is 3.55. The number of pyridine rings is 1. The molecule has 0 atom stereocenters. The van der Waals surface area contributed by atoms with Gasteiger partial charge in [-0.1, -0.05) is 52.7 Å². The summed E-state index contributed by atoms with van der Waals surface area (Å²) in [5, 5.41) is 11.2. The SMILES string of the molecule is O=C([O-])c1cccc(-c2ccccc2-c2cc(Br)ccc2OCC2CCC2)n1.[Na+]. The second kappa shape index (κ2) is 9.90. The van der Waals surface area contributed by atoms with Gasteiger partial charge in [0.2, 0.25) is 0 Å². The van der Waals surface area contributed by atoms with Gasteiger partial charge < -0.3 is 14.6 Å². The normalized spacial score (nSPS) is 13.3. The van der Waals surface area contributed by atoms with Crippen LogP contribution in [0.25, 0.3) is 22.4 Å². The van der Waals surface area contributed by atoms with Crippen molar-refractivity contribution in [1.82, 2.24) is 4.98 Å². The predicted octanol–water partition coefficient (Wildman–Crippen LogP) is 1.72. The second-order valence-corrected chi connectivity index (χ2v) is 7.91. The van der Waals surface area contributed by atoms with Gasteiger partial charge in [-0.25, -0.2) is 4.98 Å². The van der Waals surface area contributed by atoms with Crippen LogP contribution < -0.4 is 39.4 Å². The van der Waals surface area contributed by atoms with Crippen LogP contribution in [-0.2, 0) is 0 Å². The second-order valence-electron chi connectivity index (χ2n) is 6.99. The molecule has 0 aliphatic heterocycles. The molecule has 0 spiro atoms. The average Bonchev–Trinajstić information content (AvgIpc) is 2.68. The standard InChI is InChI=1S/C23H20BrNO3.Na/c24-16-11-12-22(28-14-15-5-3-6-15)19(13-16)17-7-1-2-8-18(17)20-9-4-10-21(25-20)23(26)27;/h1-2,4,7-13,15H,3,5-6,14H2,(H,26,27);/q;+1/p-1. The van der Waals surface area contributed by atoms with Crippen LogP contribution in [0.5, 0.6) is 5.75 Å². The van der Waals surface area contributed by atoms with Crippen molar-refractivity contribution in [2.45, 2.75) is 19.3 Å². The van der Waals surface area contributed by atoms with Gasteiger partial charge in [0.1, 0.15) is 5.75 Å². The Bertz CT molecular complexity index is 1020. The van der Waals surface area contributed by atoms with Crippen molar-refractivity contribution in [2.75, 3.05) is 6.61 Å². The first kappa shape index (κ1) is 22.0. The van der Waals surface area contributed by atoms with Crippen LogP contribution >= 0.6 is 15.9 Å². The van der Waals surface area contributed by atoms with Crippen molar-refractivity contribution in [3.05, 3.63) is 70.8 Å². The Hall–Kier alpha value is -1.66. The number of rotatable bonds is 6. The summed E-state index contributed by atoms with van der Waals surface area (Å²) in [6.45, 7) is 0.717. The Kier molecular flexibility index (Phi) is 7.52. The first-order valence-electron chi connectivity index (χ1n) is 9.32. The Morgan fingerprint density at radius 3 is 2.48 bits per heavy atom. The van der Waals surface area contributed by atoms with E-state index in [1.54, 1.807) is 12.1 Å². The third kappa shape index (κ3) is 5.10. The number of hydrogen-bond donors (Lipinski definition) is 0. The molecule has 6 heteroatoms. The summed E-state index contributed by atoms with van der Waals surface area (Å²) in [5.74, 6) is 0.165. The number of carbonyl (C=O) groups excluding carboxylic acids is 1. The van der Waals surface area contributed by atoms with E-state index >= 15 is 0 Å². The van der Waals surface area contributed by atoms with Crippen LogP contribution in [0.4, 0.5) is 0 Å². The van der Waals surface area contributed by atoms with E-state index in [1.807, 2.05) is 42.5 Å². The van der Waals surface area contributed by atoms with Crippen LogP contribution in [0, 0.1) is 5.92 Å². The van der Waals surface area contributed by atoms with Crippen LogP contribution in [0.1, 0.15) is 29.8 Å². The number of nitrogens with zero attached hydrogens (tertiary/aromatic N) is 1. The minimum absolute atomic E-state index is 0. The van der Waals surface area contributed by atoms with Gasteiger partial charge in [0.15, 0.2) is 0 Å². The maximum absolute atomic E-state index is 11.2. The van der Waals surface area contributed by atoms with E-state index < -0.39 is 5.97 Å². The number of carbonyl (C=O) groups is 1. The number of aromatic nitrogens is 1. The van der Waals surface area contributed by atoms with Gasteiger partial charge in [-0.15, -0.1) is 0 Å². The molecule has 0 bridgehead atoms. The summed E-state index contributed by atoms with van der Waals surface area (Å²) in [4.78, 5) is 15.5. The molecule has 29 heavy (non-hydrogen) atoms. The maximum Gasteiger partial charge on any atom is 1.00 e. The molecular weight excluding hydrogens is 441 g/mol. The first-order valence-corrected chi connectivity index (χ1v) is 10.1. The van der Waals surface area contributed by atoms with Crippen LogP contribution in [-0.4, -0.2) is 17.6 Å². The van der Waals surface area contributed by atoms with Crippen molar-refractivity contribution in [1.29, 1.82) is 0 Å². The first-order chi connectivity index (χ1) is 13.6. The monoisotopic (exact) mass is 459 g/mol. The zero-order valence-electron chi connectivity index (χ0n) is 16.2. The number of halogens is 1. The Morgan fingerprint density at radius 2 is 1.79 bits per heavy atom. The molecule has 1 saturated carbocycles. The molecule has 0 radical (unpaired) electrons. The van der Waals surface area contributed by atoms with Crippen molar-refractivity contribution in [3.63, 3.8) is 0 Å². The fourth-order valence-corrected chi connectivity index (χ4v) is 3.71. The van der Waals surface area contributed by atoms with Gasteiger partial charge in [-0.2, -0.15) is 0 Å². The maximum atomic E-state index is 11.2. The van der Waals surface area contributed by atoms with E-state index in [0.29, 0.717) is 11.6 Å². The number of carboxylic acids is 1. The largest absolute Gasteiger partial charge is 1.00 e. The molecule has 1 aliphatic carbocycles. The fourth-order valence-electron chi connectivity index (χ4n) is 3.35. The number of carboxylic acid groups (broad SMARTS) is 1. The van der Waals surface area contributed by atoms with Crippen molar-refractivity contribution in [2.24, 2.45) is 5.92 Å². The zero-order valence-corrected chi connectivity index (χ0v) is 19.8. The average molecular weight is 460 g/mol. The van der Waals surface area contributed by atoms with Crippen LogP contribution in [0.3, 0.4) is 0 Å². The predicted molar refractivity (Wildman–Crippen MR) is 110 cm³/mol. The minimum Gasteiger partial charge on any atom is -0.543 e. The Balaban J connectivity index is 0.00000240. The molecule has 142 valence electrons. The molecule has 4 rings (SSSR count). The number of aromatic carboxylic acids is 1. The molecule has 3 aromatic rings. The van der Waals surface area contributed by atoms with E-state index in [9.17, 15) is 9.90 Å². The van der Waals surface area contributed by atoms with Crippen LogP contribution in [0.2, 0.25) is 0 Å². The third-order valence-electron chi connectivity index (χ3n) is 5.09. The molecule has 4 nitrogen and oxygen atoms in total. The van der Waals surface area contributed by atoms with E-state index in [-0.39, 0.29) is 35.3 Å². The number of ether oxygens (including phenoxy) is 1. The van der Waals surface area contributed by atoms with E-state index in [2.05, 4.69) is 20.9 Å². The Labute approximate surface area is 200 Å². The summed E-state index contributed by atoms with van der Waals surface area (Å²) < 4.78 is 7.11. The third-order valence-corrected chi connectivity index (χ3v) is 5.59. The molecule has 0 N–H and O–H groups in total.